The van der Waals surface area contributed by atoms with Crippen LogP contribution >= 0.6 is 0 Å². The van der Waals surface area contributed by atoms with Crippen LogP contribution in [0, 0.1) is 5.92 Å². The molecule has 5 atom stereocenters. The number of carbonyl (C=O) groups is 6. The molecule has 0 spiro atoms. The first kappa shape index (κ1) is 28.8. The molecule has 8 N–H and O–H groups in total. The molecule has 4 amide bonds. The van der Waals surface area contributed by atoms with Crippen molar-refractivity contribution in [3.63, 3.8) is 0 Å². The Labute approximate surface area is 197 Å². The van der Waals surface area contributed by atoms with Crippen molar-refractivity contribution in [3.8, 4) is 0 Å². The SMILES string of the molecule is CCC(C)C(N)C(=O)NC(CCC(=O)O)C(=O)NC(CCC(N)=O)C(=O)N1CCCC1C(=O)O. The summed E-state index contributed by atoms with van der Waals surface area (Å²) in [5.41, 5.74) is 11.1. The van der Waals surface area contributed by atoms with Crippen LogP contribution in [0.25, 0.3) is 0 Å². The third-order valence-electron chi connectivity index (χ3n) is 5.95. The number of carboxylic acids is 2. The molecule has 1 aliphatic rings. The van der Waals surface area contributed by atoms with Gasteiger partial charge in [-0.2, -0.15) is 0 Å². The number of carbonyl (C=O) groups excluding carboxylic acids is 4. The van der Waals surface area contributed by atoms with Crippen LogP contribution in [0.1, 0.15) is 58.8 Å². The van der Waals surface area contributed by atoms with Gasteiger partial charge in [-0.1, -0.05) is 20.3 Å². The first-order valence-corrected chi connectivity index (χ1v) is 11.3. The lowest BCUT2D eigenvalue weighted by molar-refractivity contribution is -0.149. The highest BCUT2D eigenvalue weighted by Gasteiger charge is 2.38. The van der Waals surface area contributed by atoms with Crippen molar-refractivity contribution < 1.29 is 39.0 Å². The minimum absolute atomic E-state index is 0.168. The second kappa shape index (κ2) is 13.5. The van der Waals surface area contributed by atoms with E-state index in [1.54, 1.807) is 6.92 Å². The maximum Gasteiger partial charge on any atom is 0.326 e. The van der Waals surface area contributed by atoms with E-state index in [0.29, 0.717) is 12.8 Å². The van der Waals surface area contributed by atoms with E-state index < -0.39 is 66.2 Å². The molecule has 1 heterocycles. The van der Waals surface area contributed by atoms with Crippen LogP contribution < -0.4 is 22.1 Å². The summed E-state index contributed by atoms with van der Waals surface area (Å²) in [5.74, 6) is -5.49. The maximum absolute atomic E-state index is 13.0. The Morgan fingerprint density at radius 1 is 1.00 bits per heavy atom. The highest BCUT2D eigenvalue weighted by atomic mass is 16.4. The number of nitrogens with zero attached hydrogens (tertiary/aromatic N) is 1. The van der Waals surface area contributed by atoms with Crippen LogP contribution in [0.5, 0.6) is 0 Å². The van der Waals surface area contributed by atoms with E-state index in [1.807, 2.05) is 6.92 Å². The number of amides is 4. The molecule has 1 fully saturated rings. The van der Waals surface area contributed by atoms with Gasteiger partial charge < -0.3 is 37.2 Å². The van der Waals surface area contributed by atoms with Gasteiger partial charge in [0.15, 0.2) is 0 Å². The fraction of sp³-hybridized carbons (Fsp3) is 0.714. The molecule has 0 aromatic carbocycles. The van der Waals surface area contributed by atoms with Gasteiger partial charge >= 0.3 is 11.9 Å². The van der Waals surface area contributed by atoms with Crippen molar-refractivity contribution in [3.05, 3.63) is 0 Å². The predicted octanol–water partition coefficient (Wildman–Crippen LogP) is -1.46. The standard InChI is InChI=1S/C21H35N5O8/c1-3-11(2)17(23)19(31)24-12(7-9-16(28)29)18(30)25-13(6-8-15(22)27)20(32)26-10-4-5-14(26)21(33)34/h11-14,17H,3-10,23H2,1-2H3,(H2,22,27)(H,24,31)(H,25,30)(H,28,29)(H,33,34). The Kier molecular flexibility index (Phi) is 11.4. The summed E-state index contributed by atoms with van der Waals surface area (Å²) in [6.45, 7) is 3.76. The fourth-order valence-corrected chi connectivity index (χ4v) is 3.62. The Morgan fingerprint density at radius 3 is 2.12 bits per heavy atom. The molecule has 5 unspecified atom stereocenters. The number of primary amides is 1. The van der Waals surface area contributed by atoms with Crippen molar-refractivity contribution in [2.45, 2.75) is 83.0 Å². The molecular weight excluding hydrogens is 450 g/mol. The van der Waals surface area contributed by atoms with Crippen molar-refractivity contribution in [1.29, 1.82) is 0 Å². The average molecular weight is 486 g/mol. The second-order valence-electron chi connectivity index (χ2n) is 8.50. The van der Waals surface area contributed by atoms with Crippen LogP contribution in [0.4, 0.5) is 0 Å². The Balaban J connectivity index is 3.06. The minimum atomic E-state index is -1.31. The molecule has 0 aromatic rings. The molecule has 1 rings (SSSR count). The molecular formula is C21H35N5O8. The van der Waals surface area contributed by atoms with E-state index in [9.17, 15) is 33.9 Å². The summed E-state index contributed by atoms with van der Waals surface area (Å²) in [4.78, 5) is 73.5. The van der Waals surface area contributed by atoms with E-state index in [4.69, 9.17) is 16.6 Å². The number of likely N-dealkylation sites (tertiary alicyclic amines) is 1. The summed E-state index contributed by atoms with van der Waals surface area (Å²) in [7, 11) is 0. The molecule has 1 aliphatic heterocycles. The highest BCUT2D eigenvalue weighted by molar-refractivity contribution is 5.94. The van der Waals surface area contributed by atoms with E-state index >= 15 is 0 Å². The van der Waals surface area contributed by atoms with E-state index in [-0.39, 0.29) is 38.1 Å². The Morgan fingerprint density at radius 2 is 1.59 bits per heavy atom. The van der Waals surface area contributed by atoms with Gasteiger partial charge in [0.05, 0.1) is 6.04 Å². The zero-order chi connectivity index (χ0) is 26.0. The van der Waals surface area contributed by atoms with E-state index in [0.717, 1.165) is 4.90 Å². The highest BCUT2D eigenvalue weighted by Crippen LogP contribution is 2.20. The molecule has 13 heteroatoms. The summed E-state index contributed by atoms with van der Waals surface area (Å²) in [6, 6.07) is -4.58. The molecule has 0 aliphatic carbocycles. The van der Waals surface area contributed by atoms with Crippen molar-refractivity contribution in [1.82, 2.24) is 15.5 Å². The topological polar surface area (TPSA) is 222 Å². The zero-order valence-corrected chi connectivity index (χ0v) is 19.5. The summed E-state index contributed by atoms with van der Waals surface area (Å²) in [5, 5.41) is 23.3. The van der Waals surface area contributed by atoms with Gasteiger partial charge in [0, 0.05) is 19.4 Å². The summed E-state index contributed by atoms with van der Waals surface area (Å²) < 4.78 is 0. The van der Waals surface area contributed by atoms with Crippen LogP contribution in [-0.4, -0.2) is 81.4 Å². The number of hydrogen-bond donors (Lipinski definition) is 6. The lowest BCUT2D eigenvalue weighted by Crippen LogP contribution is -2.57. The average Bonchev–Trinajstić information content (AvgIpc) is 3.27. The first-order valence-electron chi connectivity index (χ1n) is 11.3. The number of hydrogen-bond acceptors (Lipinski definition) is 7. The fourth-order valence-electron chi connectivity index (χ4n) is 3.62. The van der Waals surface area contributed by atoms with Gasteiger partial charge in [0.1, 0.15) is 18.1 Å². The normalized spacial score (nSPS) is 18.9. The lowest BCUT2D eigenvalue weighted by atomic mass is 9.98. The smallest absolute Gasteiger partial charge is 0.326 e. The number of aliphatic carboxylic acids is 2. The van der Waals surface area contributed by atoms with E-state index in [1.165, 1.54) is 0 Å². The molecule has 34 heavy (non-hydrogen) atoms. The molecule has 192 valence electrons. The zero-order valence-electron chi connectivity index (χ0n) is 19.5. The Bertz CT molecular complexity index is 789. The van der Waals surface area contributed by atoms with Crippen LogP contribution in [0.2, 0.25) is 0 Å². The van der Waals surface area contributed by atoms with Gasteiger partial charge in [-0.15, -0.1) is 0 Å². The van der Waals surface area contributed by atoms with Gasteiger partial charge in [0.25, 0.3) is 0 Å². The third kappa shape index (κ3) is 8.61. The van der Waals surface area contributed by atoms with Crippen molar-refractivity contribution in [2.75, 3.05) is 6.54 Å². The monoisotopic (exact) mass is 485 g/mol. The largest absolute Gasteiger partial charge is 0.481 e. The Hall–Kier alpha value is -3.22. The number of carboxylic acid groups (broad SMARTS) is 2. The van der Waals surface area contributed by atoms with E-state index in [2.05, 4.69) is 10.6 Å². The van der Waals surface area contributed by atoms with Crippen LogP contribution in [-0.2, 0) is 28.8 Å². The third-order valence-corrected chi connectivity index (χ3v) is 5.95. The molecule has 1 saturated heterocycles. The maximum atomic E-state index is 13.0. The molecule has 0 saturated carbocycles. The van der Waals surface area contributed by atoms with Gasteiger partial charge in [-0.3, -0.25) is 24.0 Å². The minimum Gasteiger partial charge on any atom is -0.481 e. The number of rotatable bonds is 14. The van der Waals surface area contributed by atoms with Gasteiger partial charge in [-0.05, 0) is 31.6 Å². The number of nitrogens with one attached hydrogen (secondary N) is 2. The second-order valence-corrected chi connectivity index (χ2v) is 8.50. The van der Waals surface area contributed by atoms with Crippen LogP contribution in [0.15, 0.2) is 0 Å². The molecule has 0 bridgehead atoms. The van der Waals surface area contributed by atoms with Crippen LogP contribution in [0.3, 0.4) is 0 Å². The number of nitrogens with two attached hydrogens (primary N) is 2. The molecule has 13 nitrogen and oxygen atoms in total. The quantitative estimate of drug-likeness (QED) is 0.169. The summed E-state index contributed by atoms with van der Waals surface area (Å²) in [6.07, 6.45) is 0.168. The van der Waals surface area contributed by atoms with Gasteiger partial charge in [0.2, 0.25) is 23.6 Å². The lowest BCUT2D eigenvalue weighted by Gasteiger charge is -2.29. The predicted molar refractivity (Wildman–Crippen MR) is 119 cm³/mol. The van der Waals surface area contributed by atoms with Crippen molar-refractivity contribution in [2.24, 2.45) is 17.4 Å². The summed E-state index contributed by atoms with van der Waals surface area (Å²) >= 11 is 0. The molecule has 0 aromatic heterocycles. The van der Waals surface area contributed by atoms with Crippen molar-refractivity contribution >= 4 is 35.6 Å². The first-order chi connectivity index (χ1) is 15.9. The van der Waals surface area contributed by atoms with Gasteiger partial charge in [-0.25, -0.2) is 4.79 Å². The molecule has 0 radical (unpaired) electrons.